The average molecular weight is 309 g/mol. The highest BCUT2D eigenvalue weighted by atomic mass is 16.5. The van der Waals surface area contributed by atoms with Gasteiger partial charge < -0.3 is 14.0 Å². The lowest BCUT2D eigenvalue weighted by Crippen LogP contribution is -2.28. The summed E-state index contributed by atoms with van der Waals surface area (Å²) in [5.41, 5.74) is 0.191. The SMILES string of the molecule is CCCCn1c(C)c(C(=O)OCC)c(C(=O)OCC)cc1=O. The lowest BCUT2D eigenvalue weighted by Gasteiger charge is -2.16. The summed E-state index contributed by atoms with van der Waals surface area (Å²) in [5, 5.41) is 0. The van der Waals surface area contributed by atoms with E-state index in [0.717, 1.165) is 18.9 Å². The molecule has 122 valence electrons. The van der Waals surface area contributed by atoms with Gasteiger partial charge in [0.2, 0.25) is 0 Å². The maximum Gasteiger partial charge on any atom is 0.340 e. The standard InChI is InChI=1S/C16H23NO5/c1-5-8-9-17-11(4)14(16(20)22-7-3)12(10-13(17)18)15(19)21-6-2/h10H,5-9H2,1-4H3. The molecule has 1 aromatic rings. The quantitative estimate of drug-likeness (QED) is 0.723. The third-order valence-corrected chi connectivity index (χ3v) is 3.28. The molecule has 0 saturated carbocycles. The molecular weight excluding hydrogens is 286 g/mol. The molecule has 0 aromatic carbocycles. The van der Waals surface area contributed by atoms with Crippen LogP contribution in [0.1, 0.15) is 60.0 Å². The van der Waals surface area contributed by atoms with E-state index in [2.05, 4.69) is 0 Å². The summed E-state index contributed by atoms with van der Waals surface area (Å²) < 4.78 is 11.4. The highest BCUT2D eigenvalue weighted by molar-refractivity contribution is 6.03. The third-order valence-electron chi connectivity index (χ3n) is 3.28. The monoisotopic (exact) mass is 309 g/mol. The zero-order chi connectivity index (χ0) is 16.7. The van der Waals surface area contributed by atoms with Gasteiger partial charge >= 0.3 is 11.9 Å². The number of hydrogen-bond acceptors (Lipinski definition) is 5. The normalized spacial score (nSPS) is 10.4. The van der Waals surface area contributed by atoms with Crippen LogP contribution in [0.4, 0.5) is 0 Å². The van der Waals surface area contributed by atoms with Gasteiger partial charge in [0, 0.05) is 18.3 Å². The van der Waals surface area contributed by atoms with Gasteiger partial charge in [-0.2, -0.15) is 0 Å². The molecule has 6 nitrogen and oxygen atoms in total. The summed E-state index contributed by atoms with van der Waals surface area (Å²) in [6.07, 6.45) is 1.72. The number of pyridine rings is 1. The van der Waals surface area contributed by atoms with E-state index < -0.39 is 11.9 Å². The molecule has 0 N–H and O–H groups in total. The summed E-state index contributed by atoms with van der Waals surface area (Å²) in [7, 11) is 0. The Morgan fingerprint density at radius 3 is 2.23 bits per heavy atom. The number of unbranched alkanes of at least 4 members (excludes halogenated alkanes) is 1. The first-order valence-electron chi connectivity index (χ1n) is 7.56. The third kappa shape index (κ3) is 3.96. The number of aromatic nitrogens is 1. The van der Waals surface area contributed by atoms with Gasteiger partial charge in [-0.15, -0.1) is 0 Å². The van der Waals surface area contributed by atoms with Crippen LogP contribution < -0.4 is 5.56 Å². The highest BCUT2D eigenvalue weighted by Gasteiger charge is 2.24. The van der Waals surface area contributed by atoms with Gasteiger partial charge in [-0.1, -0.05) is 13.3 Å². The Morgan fingerprint density at radius 2 is 1.68 bits per heavy atom. The van der Waals surface area contributed by atoms with E-state index in [4.69, 9.17) is 9.47 Å². The smallest absolute Gasteiger partial charge is 0.340 e. The molecule has 0 aliphatic heterocycles. The zero-order valence-electron chi connectivity index (χ0n) is 13.6. The van der Waals surface area contributed by atoms with Crippen LogP contribution in [0.2, 0.25) is 0 Å². The van der Waals surface area contributed by atoms with E-state index in [9.17, 15) is 14.4 Å². The number of nitrogens with zero attached hydrogens (tertiary/aromatic N) is 1. The number of carbonyl (C=O) groups excluding carboxylic acids is 2. The van der Waals surface area contributed by atoms with E-state index >= 15 is 0 Å². The summed E-state index contributed by atoms with van der Waals surface area (Å²) in [6.45, 7) is 7.86. The molecule has 1 heterocycles. The van der Waals surface area contributed by atoms with Gasteiger partial charge in [0.25, 0.3) is 5.56 Å². The molecule has 1 aromatic heterocycles. The first kappa shape index (κ1) is 17.9. The Morgan fingerprint density at radius 1 is 1.09 bits per heavy atom. The van der Waals surface area contributed by atoms with Crippen LogP contribution >= 0.6 is 0 Å². The molecule has 0 spiro atoms. The molecular formula is C16H23NO5. The van der Waals surface area contributed by atoms with Crippen molar-refractivity contribution >= 4 is 11.9 Å². The second kappa shape index (κ2) is 8.36. The van der Waals surface area contributed by atoms with Crippen LogP contribution in [0.25, 0.3) is 0 Å². The maximum absolute atomic E-state index is 12.2. The Bertz CT molecular complexity index is 603. The molecule has 1 rings (SSSR count). The van der Waals surface area contributed by atoms with Gasteiger partial charge in [0.05, 0.1) is 24.3 Å². The van der Waals surface area contributed by atoms with Crippen LogP contribution in [-0.2, 0) is 16.0 Å². The number of ether oxygens (including phenoxy) is 2. The lowest BCUT2D eigenvalue weighted by atomic mass is 10.1. The predicted molar refractivity (Wildman–Crippen MR) is 82.3 cm³/mol. The summed E-state index contributed by atoms with van der Waals surface area (Å²) >= 11 is 0. The number of hydrogen-bond donors (Lipinski definition) is 0. The first-order valence-corrected chi connectivity index (χ1v) is 7.56. The molecule has 6 heteroatoms. The Hall–Kier alpha value is -2.11. The summed E-state index contributed by atoms with van der Waals surface area (Å²) in [6, 6.07) is 1.16. The van der Waals surface area contributed by atoms with E-state index in [1.54, 1.807) is 20.8 Å². The van der Waals surface area contributed by atoms with Crippen molar-refractivity contribution in [2.24, 2.45) is 0 Å². The van der Waals surface area contributed by atoms with Crippen molar-refractivity contribution < 1.29 is 19.1 Å². The fourth-order valence-electron chi connectivity index (χ4n) is 2.19. The van der Waals surface area contributed by atoms with Gasteiger partial charge in [-0.05, 0) is 27.2 Å². The lowest BCUT2D eigenvalue weighted by molar-refractivity contribution is 0.0476. The van der Waals surface area contributed by atoms with Crippen molar-refractivity contribution in [3.63, 3.8) is 0 Å². The minimum absolute atomic E-state index is 0.0319. The molecule has 0 bridgehead atoms. The zero-order valence-corrected chi connectivity index (χ0v) is 13.6. The second-order valence-corrected chi connectivity index (χ2v) is 4.80. The average Bonchev–Trinajstić information content (AvgIpc) is 2.46. The van der Waals surface area contributed by atoms with Crippen LogP contribution in [0.15, 0.2) is 10.9 Å². The number of rotatable bonds is 7. The van der Waals surface area contributed by atoms with Crippen molar-refractivity contribution in [1.29, 1.82) is 0 Å². The topological polar surface area (TPSA) is 74.6 Å². The molecule has 0 aliphatic carbocycles. The van der Waals surface area contributed by atoms with Gasteiger partial charge in [-0.25, -0.2) is 9.59 Å². The largest absolute Gasteiger partial charge is 0.462 e. The molecule has 0 fully saturated rings. The highest BCUT2D eigenvalue weighted by Crippen LogP contribution is 2.16. The molecule has 0 unspecified atom stereocenters. The molecule has 22 heavy (non-hydrogen) atoms. The van der Waals surface area contributed by atoms with Crippen molar-refractivity contribution in [3.8, 4) is 0 Å². The number of carbonyl (C=O) groups is 2. The van der Waals surface area contributed by atoms with Crippen molar-refractivity contribution in [2.75, 3.05) is 13.2 Å². The van der Waals surface area contributed by atoms with Crippen LogP contribution in [-0.4, -0.2) is 29.7 Å². The second-order valence-electron chi connectivity index (χ2n) is 4.80. The minimum Gasteiger partial charge on any atom is -0.462 e. The molecule has 0 aliphatic rings. The van der Waals surface area contributed by atoms with Crippen molar-refractivity contribution in [3.05, 3.63) is 33.2 Å². The molecule has 0 amide bonds. The predicted octanol–water partition coefficient (Wildman–Crippen LogP) is 2.31. The Labute approximate surface area is 130 Å². The molecule has 0 saturated heterocycles. The fourth-order valence-corrected chi connectivity index (χ4v) is 2.19. The van der Waals surface area contributed by atoms with E-state index in [-0.39, 0.29) is 29.9 Å². The maximum atomic E-state index is 12.2. The van der Waals surface area contributed by atoms with Crippen molar-refractivity contribution in [1.82, 2.24) is 4.57 Å². The minimum atomic E-state index is -0.687. The fraction of sp³-hybridized carbons (Fsp3) is 0.562. The molecule has 0 radical (unpaired) electrons. The summed E-state index contributed by atoms with van der Waals surface area (Å²) in [5.74, 6) is -1.30. The summed E-state index contributed by atoms with van der Waals surface area (Å²) in [4.78, 5) is 36.4. The first-order chi connectivity index (χ1) is 10.5. The number of esters is 2. The van der Waals surface area contributed by atoms with Gasteiger partial charge in [-0.3, -0.25) is 4.79 Å². The molecule has 0 atom stereocenters. The van der Waals surface area contributed by atoms with Crippen LogP contribution in [0, 0.1) is 6.92 Å². The van der Waals surface area contributed by atoms with Crippen LogP contribution in [0.5, 0.6) is 0 Å². The van der Waals surface area contributed by atoms with Crippen LogP contribution in [0.3, 0.4) is 0 Å². The van der Waals surface area contributed by atoms with E-state index in [1.807, 2.05) is 6.92 Å². The van der Waals surface area contributed by atoms with Gasteiger partial charge in [0.15, 0.2) is 0 Å². The van der Waals surface area contributed by atoms with Gasteiger partial charge in [0.1, 0.15) is 0 Å². The van der Waals surface area contributed by atoms with E-state index in [1.165, 1.54) is 4.57 Å². The van der Waals surface area contributed by atoms with Crippen molar-refractivity contribution in [2.45, 2.75) is 47.1 Å². The van der Waals surface area contributed by atoms with E-state index in [0.29, 0.717) is 12.2 Å². The Balaban J connectivity index is 3.46. The Kier molecular flexibility index (Phi) is 6.82.